The predicted molar refractivity (Wildman–Crippen MR) is 128 cm³/mol. The standard InChI is InChI=1S/C25H22N4O3S/c1-31-20-13-12-17(14-21(20)32-2)23-26-19-11-7-6-10-18(19)22-24(30)27-25(28-29(22)23)33-15-16-8-4-3-5-9-16/h3-14,23H,15H2,1-2H3,(H,27,28,30)/t23-/m0/s1. The molecule has 1 amide bonds. The van der Waals surface area contributed by atoms with Gasteiger partial charge in [0.1, 0.15) is 5.70 Å². The Morgan fingerprint density at radius 1 is 0.970 bits per heavy atom. The summed E-state index contributed by atoms with van der Waals surface area (Å²) in [5.74, 6) is 1.71. The molecule has 0 bridgehead atoms. The predicted octanol–water partition coefficient (Wildman–Crippen LogP) is 2.78. The van der Waals surface area contributed by atoms with Crippen LogP contribution in [0.5, 0.6) is 11.5 Å². The minimum Gasteiger partial charge on any atom is -0.493 e. The molecule has 2 aliphatic heterocycles. The van der Waals surface area contributed by atoms with Crippen molar-refractivity contribution in [3.05, 3.63) is 94.5 Å². The van der Waals surface area contributed by atoms with Gasteiger partial charge in [0.05, 0.1) is 19.6 Å². The number of para-hydroxylation sites is 1. The van der Waals surface area contributed by atoms with Crippen LogP contribution < -0.4 is 25.4 Å². The number of benzene rings is 3. The van der Waals surface area contributed by atoms with Gasteiger partial charge < -0.3 is 9.47 Å². The number of carbonyl (C=O) groups excluding carboxylic acids is 1. The first-order chi connectivity index (χ1) is 16.2. The van der Waals surface area contributed by atoms with E-state index in [9.17, 15) is 4.79 Å². The van der Waals surface area contributed by atoms with Crippen LogP contribution in [0.4, 0.5) is 0 Å². The highest BCUT2D eigenvalue weighted by molar-refractivity contribution is 8.13. The smallest absolute Gasteiger partial charge is 0.276 e. The molecule has 5 rings (SSSR count). The summed E-state index contributed by atoms with van der Waals surface area (Å²) in [6.07, 6.45) is -0.520. The van der Waals surface area contributed by atoms with Crippen molar-refractivity contribution in [3.8, 4) is 11.5 Å². The van der Waals surface area contributed by atoms with Crippen LogP contribution in [0.1, 0.15) is 17.3 Å². The first-order valence-electron chi connectivity index (χ1n) is 10.4. The van der Waals surface area contributed by atoms with Gasteiger partial charge in [0.15, 0.2) is 22.8 Å². The Morgan fingerprint density at radius 2 is 1.73 bits per heavy atom. The summed E-state index contributed by atoms with van der Waals surface area (Å²) in [5, 5.41) is 11.5. The molecule has 3 aromatic rings. The maximum Gasteiger partial charge on any atom is 0.276 e. The SMILES string of the molecule is COc1ccc([C@H]2N=c3ccccc3=C3C(=O)NC(SCc4ccccc4)=NN32)cc1OC. The number of amides is 1. The second kappa shape index (κ2) is 8.99. The first kappa shape index (κ1) is 21.1. The molecule has 1 atom stereocenters. The van der Waals surface area contributed by atoms with Crippen LogP contribution >= 0.6 is 11.8 Å². The zero-order chi connectivity index (χ0) is 22.8. The topological polar surface area (TPSA) is 75.5 Å². The maximum atomic E-state index is 13.2. The molecule has 0 saturated heterocycles. The second-order valence-electron chi connectivity index (χ2n) is 7.46. The summed E-state index contributed by atoms with van der Waals surface area (Å²) in [7, 11) is 3.19. The second-order valence-corrected chi connectivity index (χ2v) is 8.43. The molecule has 8 heteroatoms. The number of carbonyl (C=O) groups is 1. The van der Waals surface area contributed by atoms with Crippen molar-refractivity contribution >= 4 is 28.5 Å². The molecule has 0 saturated carbocycles. The highest BCUT2D eigenvalue weighted by Crippen LogP contribution is 2.36. The fourth-order valence-electron chi connectivity index (χ4n) is 3.85. The molecular weight excluding hydrogens is 436 g/mol. The van der Waals surface area contributed by atoms with Gasteiger partial charge in [0.2, 0.25) is 0 Å². The summed E-state index contributed by atoms with van der Waals surface area (Å²) in [5.41, 5.74) is 2.47. The van der Waals surface area contributed by atoms with E-state index in [2.05, 4.69) is 17.4 Å². The summed E-state index contributed by atoms with van der Waals surface area (Å²) in [4.78, 5) is 18.2. The van der Waals surface area contributed by atoms with Crippen LogP contribution in [-0.2, 0) is 10.5 Å². The van der Waals surface area contributed by atoms with Crippen molar-refractivity contribution in [1.29, 1.82) is 0 Å². The summed E-state index contributed by atoms with van der Waals surface area (Å²) < 4.78 is 10.9. The largest absolute Gasteiger partial charge is 0.493 e. The number of methoxy groups -OCH3 is 2. The van der Waals surface area contributed by atoms with Gasteiger partial charge >= 0.3 is 0 Å². The van der Waals surface area contributed by atoms with E-state index in [1.165, 1.54) is 11.8 Å². The van der Waals surface area contributed by atoms with Gasteiger partial charge in [-0.15, -0.1) is 5.10 Å². The molecule has 0 radical (unpaired) electrons. The Hall–Kier alpha value is -3.78. The number of nitrogens with zero attached hydrogens (tertiary/aromatic N) is 3. The monoisotopic (exact) mass is 458 g/mol. The van der Waals surface area contributed by atoms with Crippen molar-refractivity contribution in [2.45, 2.75) is 11.9 Å². The van der Waals surface area contributed by atoms with E-state index in [-0.39, 0.29) is 5.91 Å². The van der Waals surface area contributed by atoms with E-state index < -0.39 is 6.17 Å². The number of amidine groups is 1. The summed E-state index contributed by atoms with van der Waals surface area (Å²) in [6, 6.07) is 23.3. The van der Waals surface area contributed by atoms with Crippen molar-refractivity contribution in [2.75, 3.05) is 14.2 Å². The Bertz CT molecular complexity index is 1360. The van der Waals surface area contributed by atoms with Crippen LogP contribution in [0.25, 0.3) is 5.70 Å². The summed E-state index contributed by atoms with van der Waals surface area (Å²) in [6.45, 7) is 0. The van der Waals surface area contributed by atoms with Crippen molar-refractivity contribution in [1.82, 2.24) is 10.3 Å². The molecule has 1 N–H and O–H groups in total. The minimum atomic E-state index is -0.520. The van der Waals surface area contributed by atoms with Gasteiger partial charge in [-0.25, -0.2) is 5.01 Å². The molecule has 0 unspecified atom stereocenters. The number of fused-ring (bicyclic) bond motifs is 2. The molecule has 0 fully saturated rings. The molecule has 33 heavy (non-hydrogen) atoms. The lowest BCUT2D eigenvalue weighted by Crippen LogP contribution is -2.50. The number of hydrogen-bond acceptors (Lipinski definition) is 7. The quantitative estimate of drug-likeness (QED) is 0.636. The van der Waals surface area contributed by atoms with E-state index in [1.807, 2.05) is 60.7 Å². The average Bonchev–Trinajstić information content (AvgIpc) is 2.87. The lowest BCUT2D eigenvalue weighted by molar-refractivity contribution is -0.116. The van der Waals surface area contributed by atoms with E-state index in [4.69, 9.17) is 19.6 Å². The lowest BCUT2D eigenvalue weighted by atomic mass is 10.1. The average molecular weight is 459 g/mol. The highest BCUT2D eigenvalue weighted by atomic mass is 32.2. The van der Waals surface area contributed by atoms with Crippen LogP contribution in [-0.4, -0.2) is 30.3 Å². The maximum absolute atomic E-state index is 13.2. The normalized spacial score (nSPS) is 16.7. The Labute approximate surface area is 195 Å². The van der Waals surface area contributed by atoms with E-state index >= 15 is 0 Å². The van der Waals surface area contributed by atoms with Gasteiger partial charge in [-0.1, -0.05) is 66.4 Å². The number of rotatable bonds is 5. The van der Waals surface area contributed by atoms with Gasteiger partial charge in [0.25, 0.3) is 5.91 Å². The molecule has 3 aromatic carbocycles. The number of nitrogens with one attached hydrogen (secondary N) is 1. The Balaban J connectivity index is 1.58. The molecule has 166 valence electrons. The van der Waals surface area contributed by atoms with E-state index in [0.717, 1.165) is 21.7 Å². The molecule has 0 spiro atoms. The van der Waals surface area contributed by atoms with E-state index in [1.54, 1.807) is 19.2 Å². The number of hydrazone groups is 1. The van der Waals surface area contributed by atoms with Crippen LogP contribution in [0, 0.1) is 0 Å². The number of ether oxygens (including phenoxy) is 2. The molecular formula is C25H22N4O3S. The van der Waals surface area contributed by atoms with Crippen molar-refractivity contribution in [2.24, 2.45) is 10.1 Å². The van der Waals surface area contributed by atoms with Crippen molar-refractivity contribution in [3.63, 3.8) is 0 Å². The molecule has 2 heterocycles. The van der Waals surface area contributed by atoms with Gasteiger partial charge in [0, 0.05) is 16.5 Å². The fourth-order valence-corrected chi connectivity index (χ4v) is 4.66. The third kappa shape index (κ3) is 4.05. The van der Waals surface area contributed by atoms with Crippen molar-refractivity contribution < 1.29 is 14.3 Å². The minimum absolute atomic E-state index is 0.201. The van der Waals surface area contributed by atoms with E-state index in [0.29, 0.717) is 28.1 Å². The Kier molecular flexibility index (Phi) is 5.75. The zero-order valence-electron chi connectivity index (χ0n) is 18.2. The molecule has 2 aliphatic rings. The van der Waals surface area contributed by atoms with Gasteiger partial charge in [-0.05, 0) is 23.8 Å². The molecule has 0 aromatic heterocycles. The van der Waals surface area contributed by atoms with Crippen LogP contribution in [0.3, 0.4) is 0 Å². The number of thioether (sulfide) groups is 1. The molecule has 0 aliphatic carbocycles. The lowest BCUT2D eigenvalue weighted by Gasteiger charge is -2.34. The highest BCUT2D eigenvalue weighted by Gasteiger charge is 2.34. The van der Waals surface area contributed by atoms with Crippen LogP contribution in [0.2, 0.25) is 0 Å². The first-order valence-corrected chi connectivity index (χ1v) is 11.4. The third-order valence-corrected chi connectivity index (χ3v) is 6.37. The van der Waals surface area contributed by atoms with Gasteiger partial charge in [-0.3, -0.25) is 15.1 Å². The summed E-state index contributed by atoms with van der Waals surface area (Å²) >= 11 is 1.48. The third-order valence-electron chi connectivity index (χ3n) is 5.44. The number of hydrogen-bond donors (Lipinski definition) is 1. The molecule has 7 nitrogen and oxygen atoms in total. The Morgan fingerprint density at radius 3 is 2.52 bits per heavy atom. The zero-order valence-corrected chi connectivity index (χ0v) is 19.0. The fraction of sp³-hybridized carbons (Fsp3) is 0.160. The van der Waals surface area contributed by atoms with Gasteiger partial charge in [-0.2, -0.15) is 0 Å². The van der Waals surface area contributed by atoms with Crippen LogP contribution in [0.15, 0.2) is 82.9 Å².